The monoisotopic (exact) mass is 225 g/mol. The molecule has 0 aromatic heterocycles. The molecule has 0 aromatic rings. The number of carboxylic acid groups (broad SMARTS) is 1. The van der Waals surface area contributed by atoms with Crippen LogP contribution in [0.4, 0.5) is 0 Å². The molecule has 2 atom stereocenters. The summed E-state index contributed by atoms with van der Waals surface area (Å²) in [5.41, 5.74) is -0.0155. The van der Waals surface area contributed by atoms with Gasteiger partial charge >= 0.3 is 5.97 Å². The molecule has 2 aliphatic carbocycles. The van der Waals surface area contributed by atoms with E-state index < -0.39 is 5.97 Å². The molecule has 16 heavy (non-hydrogen) atoms. The van der Waals surface area contributed by atoms with Crippen molar-refractivity contribution in [3.63, 3.8) is 0 Å². The van der Waals surface area contributed by atoms with Gasteiger partial charge in [0.15, 0.2) is 0 Å². The van der Waals surface area contributed by atoms with Gasteiger partial charge in [-0.25, -0.2) is 0 Å². The highest BCUT2D eigenvalue weighted by molar-refractivity contribution is 5.81. The maximum atomic E-state index is 11.9. The van der Waals surface area contributed by atoms with Gasteiger partial charge in [0.1, 0.15) is 0 Å². The zero-order chi connectivity index (χ0) is 11.8. The smallest absolute Gasteiger partial charge is 0.306 e. The van der Waals surface area contributed by atoms with E-state index in [1.807, 2.05) is 0 Å². The van der Waals surface area contributed by atoms with Crippen molar-refractivity contribution in [3.05, 3.63) is 0 Å². The van der Waals surface area contributed by atoms with E-state index in [4.69, 9.17) is 5.11 Å². The highest BCUT2D eigenvalue weighted by Crippen LogP contribution is 2.34. The summed E-state index contributed by atoms with van der Waals surface area (Å²) in [6, 6.07) is 0. The van der Waals surface area contributed by atoms with Gasteiger partial charge in [-0.05, 0) is 45.4 Å². The van der Waals surface area contributed by atoms with Gasteiger partial charge < -0.3 is 10.4 Å². The van der Waals surface area contributed by atoms with E-state index in [-0.39, 0.29) is 23.3 Å². The Kier molecular flexibility index (Phi) is 2.91. The number of aliphatic carboxylic acids is 1. The van der Waals surface area contributed by atoms with E-state index in [0.29, 0.717) is 12.8 Å². The van der Waals surface area contributed by atoms with E-state index >= 15 is 0 Å². The maximum absolute atomic E-state index is 11.9. The number of amides is 1. The number of carbonyl (C=O) groups excluding carboxylic acids is 1. The maximum Gasteiger partial charge on any atom is 0.306 e. The summed E-state index contributed by atoms with van der Waals surface area (Å²) in [7, 11) is 0. The van der Waals surface area contributed by atoms with Crippen molar-refractivity contribution in [2.45, 2.75) is 51.0 Å². The fourth-order valence-electron chi connectivity index (χ4n) is 2.68. The average Bonchev–Trinajstić information content (AvgIpc) is 2.64. The number of hydrogen-bond acceptors (Lipinski definition) is 2. The Balaban J connectivity index is 1.84. The molecule has 1 amide bonds. The van der Waals surface area contributed by atoms with Crippen LogP contribution in [0.15, 0.2) is 0 Å². The first-order valence-corrected chi connectivity index (χ1v) is 6.05. The molecule has 2 saturated carbocycles. The van der Waals surface area contributed by atoms with Crippen LogP contribution in [0.1, 0.15) is 45.4 Å². The van der Waals surface area contributed by atoms with Crippen molar-refractivity contribution in [1.29, 1.82) is 0 Å². The summed E-state index contributed by atoms with van der Waals surface area (Å²) in [4.78, 5) is 22.7. The second-order valence-electron chi connectivity index (χ2n) is 5.45. The molecule has 4 heteroatoms. The third kappa shape index (κ3) is 2.20. The van der Waals surface area contributed by atoms with Crippen LogP contribution in [0.3, 0.4) is 0 Å². The third-order valence-corrected chi connectivity index (χ3v) is 4.03. The Labute approximate surface area is 95.4 Å². The lowest BCUT2D eigenvalue weighted by atomic mass is 9.78. The first-order chi connectivity index (χ1) is 7.50. The fourth-order valence-corrected chi connectivity index (χ4v) is 2.68. The molecule has 2 rings (SSSR count). The number of carboxylic acids is 1. The van der Waals surface area contributed by atoms with E-state index in [9.17, 15) is 9.59 Å². The van der Waals surface area contributed by atoms with Gasteiger partial charge in [-0.3, -0.25) is 9.59 Å². The highest BCUT2D eigenvalue weighted by Gasteiger charge is 2.38. The topological polar surface area (TPSA) is 66.4 Å². The van der Waals surface area contributed by atoms with Crippen LogP contribution in [-0.2, 0) is 9.59 Å². The van der Waals surface area contributed by atoms with Crippen molar-refractivity contribution >= 4 is 11.9 Å². The molecule has 0 radical (unpaired) electrons. The van der Waals surface area contributed by atoms with Crippen LogP contribution in [0, 0.1) is 11.8 Å². The SMILES string of the molecule is CC1(NC(=O)[C@@H]2CC[C@H](C(=O)O)C2)CCC1. The summed E-state index contributed by atoms with van der Waals surface area (Å²) >= 11 is 0. The summed E-state index contributed by atoms with van der Waals surface area (Å²) in [6.07, 6.45) is 5.15. The Morgan fingerprint density at radius 1 is 1.25 bits per heavy atom. The zero-order valence-corrected chi connectivity index (χ0v) is 9.66. The largest absolute Gasteiger partial charge is 0.481 e. The van der Waals surface area contributed by atoms with E-state index in [2.05, 4.69) is 12.2 Å². The molecular formula is C12H19NO3. The number of nitrogens with one attached hydrogen (secondary N) is 1. The van der Waals surface area contributed by atoms with Gasteiger partial charge in [0.05, 0.1) is 5.92 Å². The quantitative estimate of drug-likeness (QED) is 0.765. The minimum absolute atomic E-state index is 0.0155. The van der Waals surface area contributed by atoms with Crippen LogP contribution in [-0.4, -0.2) is 22.5 Å². The number of rotatable bonds is 3. The van der Waals surface area contributed by atoms with Gasteiger partial charge in [-0.15, -0.1) is 0 Å². The molecule has 0 aliphatic heterocycles. The van der Waals surface area contributed by atoms with Crippen molar-refractivity contribution in [1.82, 2.24) is 5.32 Å². The average molecular weight is 225 g/mol. The Bertz CT molecular complexity index is 309. The van der Waals surface area contributed by atoms with E-state index in [1.54, 1.807) is 0 Å². The summed E-state index contributed by atoms with van der Waals surface area (Å²) in [6.45, 7) is 2.07. The minimum Gasteiger partial charge on any atom is -0.481 e. The van der Waals surface area contributed by atoms with Crippen LogP contribution in [0.25, 0.3) is 0 Å². The first-order valence-electron chi connectivity index (χ1n) is 6.05. The standard InChI is InChI=1S/C12H19NO3/c1-12(5-2-6-12)13-10(14)8-3-4-9(7-8)11(15)16/h8-9H,2-7H2,1H3,(H,13,14)(H,15,16)/t8-,9+/m1/s1. The van der Waals surface area contributed by atoms with Crippen molar-refractivity contribution in [2.24, 2.45) is 11.8 Å². The lowest BCUT2D eigenvalue weighted by molar-refractivity contribution is -0.141. The fraction of sp³-hybridized carbons (Fsp3) is 0.833. The minimum atomic E-state index is -0.759. The van der Waals surface area contributed by atoms with Crippen molar-refractivity contribution in [2.75, 3.05) is 0 Å². The van der Waals surface area contributed by atoms with Gasteiger partial charge in [-0.1, -0.05) is 0 Å². The van der Waals surface area contributed by atoms with Crippen LogP contribution in [0.2, 0.25) is 0 Å². The van der Waals surface area contributed by atoms with Gasteiger partial charge in [0, 0.05) is 11.5 Å². The molecule has 0 aromatic carbocycles. The molecule has 4 nitrogen and oxygen atoms in total. The predicted molar refractivity (Wildman–Crippen MR) is 58.9 cm³/mol. The molecule has 0 spiro atoms. The molecule has 0 heterocycles. The molecule has 90 valence electrons. The van der Waals surface area contributed by atoms with Crippen LogP contribution in [0.5, 0.6) is 0 Å². The second-order valence-corrected chi connectivity index (χ2v) is 5.45. The molecule has 0 saturated heterocycles. The lowest BCUT2D eigenvalue weighted by Crippen LogP contribution is -2.52. The zero-order valence-electron chi connectivity index (χ0n) is 9.66. The van der Waals surface area contributed by atoms with Crippen LogP contribution >= 0.6 is 0 Å². The van der Waals surface area contributed by atoms with E-state index in [1.165, 1.54) is 6.42 Å². The predicted octanol–water partition coefficient (Wildman–Crippen LogP) is 1.55. The van der Waals surface area contributed by atoms with Gasteiger partial charge in [0.25, 0.3) is 0 Å². The third-order valence-electron chi connectivity index (χ3n) is 4.03. The second kappa shape index (κ2) is 4.07. The lowest BCUT2D eigenvalue weighted by Gasteiger charge is -2.39. The summed E-state index contributed by atoms with van der Waals surface area (Å²) in [5.74, 6) is -1.10. The highest BCUT2D eigenvalue weighted by atomic mass is 16.4. The molecule has 2 aliphatic rings. The van der Waals surface area contributed by atoms with Crippen molar-refractivity contribution in [3.8, 4) is 0 Å². The summed E-state index contributed by atoms with van der Waals surface area (Å²) < 4.78 is 0. The molecule has 0 unspecified atom stereocenters. The Morgan fingerprint density at radius 3 is 2.31 bits per heavy atom. The van der Waals surface area contributed by atoms with Gasteiger partial charge in [0.2, 0.25) is 5.91 Å². The molecular weight excluding hydrogens is 206 g/mol. The molecule has 2 fully saturated rings. The molecule has 2 N–H and O–H groups in total. The van der Waals surface area contributed by atoms with E-state index in [0.717, 1.165) is 19.3 Å². The van der Waals surface area contributed by atoms with Crippen molar-refractivity contribution < 1.29 is 14.7 Å². The Morgan fingerprint density at radius 2 is 1.88 bits per heavy atom. The Hall–Kier alpha value is -1.06. The normalized spacial score (nSPS) is 31.8. The van der Waals surface area contributed by atoms with Gasteiger partial charge in [-0.2, -0.15) is 0 Å². The summed E-state index contributed by atoms with van der Waals surface area (Å²) in [5, 5.41) is 11.9. The first kappa shape index (κ1) is 11.4. The number of carbonyl (C=O) groups is 2. The number of hydrogen-bond donors (Lipinski definition) is 2. The molecule has 0 bridgehead atoms. The van der Waals surface area contributed by atoms with Crippen LogP contribution < -0.4 is 5.32 Å².